The normalized spacial score (nSPS) is 11.3. The predicted molar refractivity (Wildman–Crippen MR) is 71.9 cm³/mol. The number of aliphatic carboxylic acids is 1. The van der Waals surface area contributed by atoms with E-state index in [0.29, 0.717) is 25.9 Å². The molecular weight excluding hydrogens is 228 g/mol. The highest BCUT2D eigenvalue weighted by atomic mass is 16.5. The van der Waals surface area contributed by atoms with Crippen LogP contribution in [0.4, 0.5) is 0 Å². The third kappa shape index (κ3) is 3.25. The molecular formula is C15H22O3. The Hall–Kier alpha value is -1.51. The van der Waals surface area contributed by atoms with Crippen molar-refractivity contribution < 1.29 is 14.6 Å². The quantitative estimate of drug-likeness (QED) is 0.803. The maximum absolute atomic E-state index is 11.3. The fourth-order valence-corrected chi connectivity index (χ4v) is 2.09. The Labute approximate surface area is 109 Å². The van der Waals surface area contributed by atoms with Crippen LogP contribution in [0.1, 0.15) is 38.7 Å². The molecule has 3 heteroatoms. The summed E-state index contributed by atoms with van der Waals surface area (Å²) in [5.41, 5.74) is 0.425. The molecule has 0 fully saturated rings. The molecule has 1 aromatic carbocycles. The average Bonchev–Trinajstić information content (AvgIpc) is 2.37. The molecule has 1 rings (SSSR count). The molecule has 0 atom stereocenters. The van der Waals surface area contributed by atoms with Gasteiger partial charge >= 0.3 is 5.97 Å². The van der Waals surface area contributed by atoms with Gasteiger partial charge in [-0.1, -0.05) is 32.0 Å². The fraction of sp³-hybridized carbons (Fsp3) is 0.533. The van der Waals surface area contributed by atoms with Crippen LogP contribution in [0.15, 0.2) is 24.3 Å². The van der Waals surface area contributed by atoms with E-state index in [4.69, 9.17) is 4.74 Å². The third-order valence-corrected chi connectivity index (χ3v) is 3.74. The van der Waals surface area contributed by atoms with Gasteiger partial charge in [0.2, 0.25) is 0 Å². The first-order valence-electron chi connectivity index (χ1n) is 6.47. The Kier molecular flexibility index (Phi) is 5.20. The summed E-state index contributed by atoms with van der Waals surface area (Å²) >= 11 is 0. The third-order valence-electron chi connectivity index (χ3n) is 3.74. The van der Waals surface area contributed by atoms with E-state index in [1.807, 2.05) is 45.0 Å². The highest BCUT2D eigenvalue weighted by Gasteiger charge is 2.34. The lowest BCUT2D eigenvalue weighted by atomic mass is 9.79. The lowest BCUT2D eigenvalue weighted by Crippen LogP contribution is -2.31. The Bertz CT molecular complexity index is 394. The monoisotopic (exact) mass is 250 g/mol. The van der Waals surface area contributed by atoms with Crippen molar-refractivity contribution in [3.05, 3.63) is 29.8 Å². The number of benzene rings is 1. The zero-order valence-electron chi connectivity index (χ0n) is 11.4. The van der Waals surface area contributed by atoms with Crippen LogP contribution in [-0.2, 0) is 4.79 Å². The molecule has 0 bridgehead atoms. The number of hydrogen-bond donors (Lipinski definition) is 1. The molecule has 100 valence electrons. The summed E-state index contributed by atoms with van der Waals surface area (Å²) < 4.78 is 5.68. The van der Waals surface area contributed by atoms with E-state index in [1.54, 1.807) is 0 Å². The standard InChI is InChI=1S/C15H22O3/c1-4-15(5-2,14(16)17)10-11-18-13-9-7-6-8-12(13)3/h6-9H,4-5,10-11H2,1-3H3,(H,16,17). The summed E-state index contributed by atoms with van der Waals surface area (Å²) in [6.45, 7) is 6.27. The van der Waals surface area contributed by atoms with E-state index < -0.39 is 11.4 Å². The van der Waals surface area contributed by atoms with E-state index in [1.165, 1.54) is 0 Å². The first-order chi connectivity index (χ1) is 8.55. The minimum atomic E-state index is -0.721. The molecule has 0 heterocycles. The number of carboxylic acids is 1. The first kappa shape index (κ1) is 14.6. The molecule has 0 unspecified atom stereocenters. The van der Waals surface area contributed by atoms with Gasteiger partial charge in [0.15, 0.2) is 0 Å². The highest BCUT2D eigenvalue weighted by Crippen LogP contribution is 2.31. The van der Waals surface area contributed by atoms with Crippen molar-refractivity contribution in [2.24, 2.45) is 5.41 Å². The molecule has 1 N–H and O–H groups in total. The van der Waals surface area contributed by atoms with Gasteiger partial charge in [0.05, 0.1) is 12.0 Å². The summed E-state index contributed by atoms with van der Waals surface area (Å²) in [6, 6.07) is 7.78. The van der Waals surface area contributed by atoms with Crippen LogP contribution in [0, 0.1) is 12.3 Å². The number of rotatable bonds is 7. The molecule has 0 aliphatic heterocycles. The zero-order valence-corrected chi connectivity index (χ0v) is 11.4. The van der Waals surface area contributed by atoms with E-state index in [9.17, 15) is 9.90 Å². The summed E-state index contributed by atoms with van der Waals surface area (Å²) in [7, 11) is 0. The van der Waals surface area contributed by atoms with Crippen molar-refractivity contribution in [2.75, 3.05) is 6.61 Å². The Morgan fingerprint density at radius 2 is 1.89 bits per heavy atom. The minimum Gasteiger partial charge on any atom is -0.493 e. The van der Waals surface area contributed by atoms with Gasteiger partial charge in [-0.05, 0) is 37.8 Å². The van der Waals surface area contributed by atoms with Crippen LogP contribution in [0.25, 0.3) is 0 Å². The van der Waals surface area contributed by atoms with Gasteiger partial charge in [0.1, 0.15) is 5.75 Å². The van der Waals surface area contributed by atoms with Crippen LogP contribution < -0.4 is 4.74 Å². The average molecular weight is 250 g/mol. The second-order valence-corrected chi connectivity index (χ2v) is 4.66. The molecule has 1 aromatic rings. The molecule has 0 saturated heterocycles. The van der Waals surface area contributed by atoms with Crippen molar-refractivity contribution >= 4 is 5.97 Å². The number of carboxylic acid groups (broad SMARTS) is 1. The maximum atomic E-state index is 11.3. The van der Waals surface area contributed by atoms with Crippen LogP contribution in [-0.4, -0.2) is 17.7 Å². The van der Waals surface area contributed by atoms with Gasteiger partial charge < -0.3 is 9.84 Å². The van der Waals surface area contributed by atoms with Gasteiger partial charge in [0, 0.05) is 0 Å². The molecule has 0 aromatic heterocycles. The van der Waals surface area contributed by atoms with E-state index in [2.05, 4.69) is 0 Å². The van der Waals surface area contributed by atoms with Crippen molar-refractivity contribution in [1.29, 1.82) is 0 Å². The lowest BCUT2D eigenvalue weighted by Gasteiger charge is -2.26. The van der Waals surface area contributed by atoms with Gasteiger partial charge in [-0.2, -0.15) is 0 Å². The van der Waals surface area contributed by atoms with Gasteiger partial charge in [-0.3, -0.25) is 4.79 Å². The van der Waals surface area contributed by atoms with Crippen molar-refractivity contribution in [1.82, 2.24) is 0 Å². The predicted octanol–water partition coefficient (Wildman–Crippen LogP) is 3.65. The smallest absolute Gasteiger partial charge is 0.309 e. The topological polar surface area (TPSA) is 46.5 Å². The molecule has 18 heavy (non-hydrogen) atoms. The number of carbonyl (C=O) groups is 1. The van der Waals surface area contributed by atoms with Crippen LogP contribution in [0.5, 0.6) is 5.75 Å². The molecule has 0 radical (unpaired) electrons. The van der Waals surface area contributed by atoms with Crippen LogP contribution >= 0.6 is 0 Å². The van der Waals surface area contributed by atoms with Gasteiger partial charge in [-0.25, -0.2) is 0 Å². The summed E-state index contributed by atoms with van der Waals surface area (Å²) in [5, 5.41) is 9.32. The zero-order chi connectivity index (χ0) is 13.6. The van der Waals surface area contributed by atoms with Gasteiger partial charge in [0.25, 0.3) is 0 Å². The van der Waals surface area contributed by atoms with Crippen molar-refractivity contribution in [3.63, 3.8) is 0 Å². The molecule has 0 aliphatic rings. The van der Waals surface area contributed by atoms with Gasteiger partial charge in [-0.15, -0.1) is 0 Å². The largest absolute Gasteiger partial charge is 0.493 e. The SMILES string of the molecule is CCC(CC)(CCOc1ccccc1C)C(=O)O. The molecule has 0 amide bonds. The number of ether oxygens (including phenoxy) is 1. The molecule has 0 saturated carbocycles. The molecule has 0 spiro atoms. The van der Waals surface area contributed by atoms with Crippen molar-refractivity contribution in [3.8, 4) is 5.75 Å². The van der Waals surface area contributed by atoms with E-state index in [0.717, 1.165) is 11.3 Å². The Morgan fingerprint density at radius 1 is 1.28 bits per heavy atom. The minimum absolute atomic E-state index is 0.443. The number of aryl methyl sites for hydroxylation is 1. The summed E-state index contributed by atoms with van der Waals surface area (Å²) in [5.74, 6) is 0.116. The van der Waals surface area contributed by atoms with Crippen molar-refractivity contribution in [2.45, 2.75) is 40.0 Å². The second-order valence-electron chi connectivity index (χ2n) is 4.66. The fourth-order valence-electron chi connectivity index (χ4n) is 2.09. The highest BCUT2D eigenvalue weighted by molar-refractivity contribution is 5.74. The molecule has 0 aliphatic carbocycles. The first-order valence-corrected chi connectivity index (χ1v) is 6.47. The number of hydrogen-bond acceptors (Lipinski definition) is 2. The second kappa shape index (κ2) is 6.43. The lowest BCUT2D eigenvalue weighted by molar-refractivity contribution is -0.150. The Balaban J connectivity index is 2.60. The van der Waals surface area contributed by atoms with E-state index >= 15 is 0 Å². The Morgan fingerprint density at radius 3 is 2.39 bits per heavy atom. The van der Waals surface area contributed by atoms with E-state index in [-0.39, 0.29) is 0 Å². The summed E-state index contributed by atoms with van der Waals surface area (Å²) in [6.07, 6.45) is 1.82. The molecule has 3 nitrogen and oxygen atoms in total. The maximum Gasteiger partial charge on any atom is 0.309 e. The van der Waals surface area contributed by atoms with Crippen LogP contribution in [0.2, 0.25) is 0 Å². The summed E-state index contributed by atoms with van der Waals surface area (Å²) in [4.78, 5) is 11.3. The van der Waals surface area contributed by atoms with Crippen LogP contribution in [0.3, 0.4) is 0 Å². The number of para-hydroxylation sites is 1.